The van der Waals surface area contributed by atoms with Crippen LogP contribution in [0, 0.1) is 6.92 Å². The molecule has 3 aromatic rings. The van der Waals surface area contributed by atoms with Crippen LogP contribution in [0.15, 0.2) is 60.3 Å². The van der Waals surface area contributed by atoms with E-state index >= 15 is 0 Å². The maximum atomic E-state index is 13.0. The van der Waals surface area contributed by atoms with Gasteiger partial charge in [0, 0.05) is 11.6 Å². The van der Waals surface area contributed by atoms with Crippen LogP contribution in [0.25, 0.3) is 16.9 Å². The van der Waals surface area contributed by atoms with Crippen molar-refractivity contribution in [1.82, 2.24) is 30.8 Å². The molecule has 1 aromatic carbocycles. The minimum absolute atomic E-state index is 0.178. The number of nitrogens with one attached hydrogen (secondary N) is 3. The van der Waals surface area contributed by atoms with E-state index in [4.69, 9.17) is 4.74 Å². The Morgan fingerprint density at radius 1 is 1.18 bits per heavy atom. The van der Waals surface area contributed by atoms with Crippen LogP contribution >= 0.6 is 0 Å². The van der Waals surface area contributed by atoms with Gasteiger partial charge < -0.3 is 14.8 Å². The second kappa shape index (κ2) is 8.73. The van der Waals surface area contributed by atoms with Crippen LogP contribution in [0.5, 0.6) is 5.75 Å². The normalized spacial score (nSPS) is 13.5. The van der Waals surface area contributed by atoms with Gasteiger partial charge >= 0.3 is 6.36 Å². The van der Waals surface area contributed by atoms with Gasteiger partial charge in [0.25, 0.3) is 5.91 Å². The van der Waals surface area contributed by atoms with Crippen LogP contribution in [0.4, 0.5) is 13.2 Å². The number of halogens is 3. The molecule has 0 spiro atoms. The van der Waals surface area contributed by atoms with Crippen molar-refractivity contribution in [3.8, 4) is 17.0 Å². The summed E-state index contributed by atoms with van der Waals surface area (Å²) in [7, 11) is 0. The molecular weight excluding hydrogens is 441 g/mol. The number of benzene rings is 1. The van der Waals surface area contributed by atoms with Gasteiger partial charge in [-0.1, -0.05) is 12.1 Å². The Labute approximate surface area is 185 Å². The lowest BCUT2D eigenvalue weighted by atomic mass is 10.1. The Morgan fingerprint density at radius 2 is 2.00 bits per heavy atom. The van der Waals surface area contributed by atoms with E-state index in [9.17, 15) is 18.0 Å². The number of aryl methyl sites for hydroxylation is 1. The standard InChI is InChI=1S/C21H19F3N6O3/c1-3-32-18-10-8-16(27-28-18)26-20(31)19-12(2)25-17-9-7-15(29-30(17)19)13-5-4-6-14(11-13)33-21(22,23)24/h4-11,27-28H,3H2,1-2H3,(H,26,31). The maximum Gasteiger partial charge on any atom is 0.573 e. The van der Waals surface area contributed by atoms with Gasteiger partial charge in [0.05, 0.1) is 18.0 Å². The summed E-state index contributed by atoms with van der Waals surface area (Å²) >= 11 is 0. The molecule has 4 rings (SSSR count). The van der Waals surface area contributed by atoms with E-state index in [1.807, 2.05) is 6.92 Å². The van der Waals surface area contributed by atoms with Gasteiger partial charge in [0.1, 0.15) is 11.6 Å². The average molecular weight is 460 g/mol. The van der Waals surface area contributed by atoms with E-state index in [1.165, 1.54) is 22.7 Å². The number of hydrazine groups is 1. The first-order chi connectivity index (χ1) is 15.7. The van der Waals surface area contributed by atoms with Crippen LogP contribution < -0.4 is 20.9 Å². The monoisotopic (exact) mass is 460 g/mol. The Balaban J connectivity index is 1.63. The highest BCUT2D eigenvalue weighted by Crippen LogP contribution is 2.27. The van der Waals surface area contributed by atoms with Crippen LogP contribution in [-0.2, 0) is 4.74 Å². The number of amides is 1. The molecule has 172 valence electrons. The van der Waals surface area contributed by atoms with Crippen molar-refractivity contribution in [2.45, 2.75) is 20.2 Å². The Morgan fingerprint density at radius 3 is 2.70 bits per heavy atom. The van der Waals surface area contributed by atoms with Crippen molar-refractivity contribution in [3.05, 3.63) is 71.6 Å². The number of alkyl halides is 3. The van der Waals surface area contributed by atoms with Crippen molar-refractivity contribution in [2.24, 2.45) is 0 Å². The van der Waals surface area contributed by atoms with Crippen LogP contribution in [0.2, 0.25) is 0 Å². The van der Waals surface area contributed by atoms with E-state index in [2.05, 4.69) is 31.0 Å². The lowest BCUT2D eigenvalue weighted by molar-refractivity contribution is -0.274. The van der Waals surface area contributed by atoms with E-state index in [0.29, 0.717) is 40.9 Å². The molecule has 1 aliphatic rings. The number of hydrogen-bond donors (Lipinski definition) is 3. The molecule has 0 saturated carbocycles. The molecule has 1 amide bonds. The number of ether oxygens (including phenoxy) is 2. The molecule has 0 unspecified atom stereocenters. The van der Waals surface area contributed by atoms with Gasteiger partial charge in [-0.05, 0) is 44.2 Å². The summed E-state index contributed by atoms with van der Waals surface area (Å²) in [5.41, 5.74) is 7.34. The minimum Gasteiger partial charge on any atom is -0.478 e. The molecule has 0 bridgehead atoms. The largest absolute Gasteiger partial charge is 0.573 e. The van der Waals surface area contributed by atoms with Crippen LogP contribution in [0.1, 0.15) is 23.1 Å². The number of carbonyl (C=O) groups excluding carboxylic acids is 1. The van der Waals surface area contributed by atoms with Gasteiger partial charge in [-0.15, -0.1) is 13.2 Å². The fourth-order valence-corrected chi connectivity index (χ4v) is 3.18. The molecule has 0 fully saturated rings. The molecule has 0 atom stereocenters. The summed E-state index contributed by atoms with van der Waals surface area (Å²) in [6.07, 6.45) is -1.52. The third kappa shape index (κ3) is 5.00. The van der Waals surface area contributed by atoms with Crippen LogP contribution in [0.3, 0.4) is 0 Å². The molecule has 9 nitrogen and oxygen atoms in total. The van der Waals surface area contributed by atoms with Crippen LogP contribution in [-0.4, -0.2) is 33.5 Å². The number of rotatable bonds is 6. The Hall–Kier alpha value is -4.22. The highest BCUT2D eigenvalue weighted by molar-refractivity contribution is 5.95. The molecule has 0 radical (unpaired) electrons. The predicted molar refractivity (Wildman–Crippen MR) is 111 cm³/mol. The van der Waals surface area contributed by atoms with Gasteiger partial charge in [0.15, 0.2) is 11.3 Å². The molecule has 3 N–H and O–H groups in total. The third-order valence-electron chi connectivity index (χ3n) is 4.50. The zero-order valence-electron chi connectivity index (χ0n) is 17.5. The lowest BCUT2D eigenvalue weighted by Crippen LogP contribution is -2.41. The van der Waals surface area contributed by atoms with Crippen molar-refractivity contribution in [1.29, 1.82) is 0 Å². The first-order valence-electron chi connectivity index (χ1n) is 9.84. The fourth-order valence-electron chi connectivity index (χ4n) is 3.18. The second-order valence-electron chi connectivity index (χ2n) is 6.86. The summed E-state index contributed by atoms with van der Waals surface area (Å²) in [5.74, 6) is 0.0343. The van der Waals surface area contributed by atoms with E-state index in [1.54, 1.807) is 37.3 Å². The van der Waals surface area contributed by atoms with Crippen molar-refractivity contribution in [3.63, 3.8) is 0 Å². The average Bonchev–Trinajstić information content (AvgIpc) is 3.09. The van der Waals surface area contributed by atoms with Gasteiger partial charge in [-0.2, -0.15) is 5.10 Å². The highest BCUT2D eigenvalue weighted by atomic mass is 19.4. The summed E-state index contributed by atoms with van der Waals surface area (Å²) in [4.78, 5) is 17.3. The van der Waals surface area contributed by atoms with Gasteiger partial charge in [-0.3, -0.25) is 15.6 Å². The highest BCUT2D eigenvalue weighted by Gasteiger charge is 2.31. The number of fused-ring (bicyclic) bond motifs is 1. The minimum atomic E-state index is -4.81. The Bertz CT molecular complexity index is 1270. The zero-order valence-corrected chi connectivity index (χ0v) is 17.5. The molecule has 0 saturated heterocycles. The quantitative estimate of drug-likeness (QED) is 0.520. The SMILES string of the molecule is CCOC1=CC=C(NC(=O)c2c(C)nc3ccc(-c4cccc(OC(F)(F)F)c4)nn23)NN1. The number of allylic oxidation sites excluding steroid dienone is 2. The number of hydrogen-bond acceptors (Lipinski definition) is 7. The van der Waals surface area contributed by atoms with Crippen molar-refractivity contribution >= 4 is 11.6 Å². The molecule has 12 heteroatoms. The first kappa shape index (κ1) is 22.0. The summed E-state index contributed by atoms with van der Waals surface area (Å²) < 4.78 is 48.3. The Kier molecular flexibility index (Phi) is 5.82. The van der Waals surface area contributed by atoms with E-state index < -0.39 is 12.3 Å². The molecule has 33 heavy (non-hydrogen) atoms. The van der Waals surface area contributed by atoms with Crippen molar-refractivity contribution in [2.75, 3.05) is 6.61 Å². The zero-order chi connectivity index (χ0) is 23.6. The summed E-state index contributed by atoms with van der Waals surface area (Å²) in [6, 6.07) is 8.65. The second-order valence-corrected chi connectivity index (χ2v) is 6.86. The number of aromatic nitrogens is 3. The fraction of sp³-hybridized carbons (Fsp3) is 0.190. The third-order valence-corrected chi connectivity index (χ3v) is 4.50. The number of nitrogens with zero attached hydrogens (tertiary/aromatic N) is 3. The van der Waals surface area contributed by atoms with Gasteiger partial charge in [-0.25, -0.2) is 9.50 Å². The lowest BCUT2D eigenvalue weighted by Gasteiger charge is -2.19. The molecule has 0 aliphatic carbocycles. The predicted octanol–water partition coefficient (Wildman–Crippen LogP) is 3.16. The number of imidazole rings is 1. The molecule has 2 aromatic heterocycles. The molecule has 3 heterocycles. The van der Waals surface area contributed by atoms with Gasteiger partial charge in [0.2, 0.25) is 5.88 Å². The van der Waals surface area contributed by atoms with E-state index in [-0.39, 0.29) is 11.4 Å². The summed E-state index contributed by atoms with van der Waals surface area (Å²) in [5, 5.41) is 7.14. The molecule has 1 aliphatic heterocycles. The van der Waals surface area contributed by atoms with E-state index in [0.717, 1.165) is 0 Å². The maximum absolute atomic E-state index is 13.0. The topological polar surface area (TPSA) is 102 Å². The summed E-state index contributed by atoms with van der Waals surface area (Å²) in [6.45, 7) is 3.99. The smallest absolute Gasteiger partial charge is 0.478 e. The number of carbonyl (C=O) groups is 1. The molecular formula is C21H19F3N6O3. The van der Waals surface area contributed by atoms with Crippen molar-refractivity contribution < 1.29 is 27.4 Å². The first-order valence-corrected chi connectivity index (χ1v) is 9.84.